The van der Waals surface area contributed by atoms with Crippen LogP contribution in [0.3, 0.4) is 0 Å². The van der Waals surface area contributed by atoms with Gasteiger partial charge in [-0.15, -0.1) is 0 Å². The molecule has 0 atom stereocenters. The molecule has 5 aromatic rings. The molecule has 0 radical (unpaired) electrons. The Hall–Kier alpha value is -2.85. The smallest absolute Gasteiger partial charge is 0.0996 e. The summed E-state index contributed by atoms with van der Waals surface area (Å²) in [7, 11) is 0. The zero-order valence-electron chi connectivity index (χ0n) is 11.9. The largest absolute Gasteiger partial charge is 0.254 e. The number of nitrogens with zero attached hydrogens (tertiary/aromatic N) is 4. The van der Waals surface area contributed by atoms with E-state index in [9.17, 15) is 0 Å². The number of halogens is 1. The summed E-state index contributed by atoms with van der Waals surface area (Å²) in [5, 5.41) is 2.55. The highest BCUT2D eigenvalue weighted by Crippen LogP contribution is 2.31. The molecule has 5 rings (SSSR count). The van der Waals surface area contributed by atoms with E-state index < -0.39 is 0 Å². The first-order valence-corrected chi connectivity index (χ1v) is 7.57. The molecule has 0 aliphatic carbocycles. The van der Waals surface area contributed by atoms with Gasteiger partial charge in [0.15, 0.2) is 0 Å². The standard InChI is InChI=1S/C18H9ClN4/c19-10-5-6-13-14(9-10)23-18-12-4-2-8-21-16(12)15-11(17(18)22-13)3-1-7-20-15/h1-9H. The van der Waals surface area contributed by atoms with Gasteiger partial charge in [0, 0.05) is 28.2 Å². The van der Waals surface area contributed by atoms with E-state index in [-0.39, 0.29) is 0 Å². The fraction of sp³-hybridized carbons (Fsp3) is 0. The first-order valence-electron chi connectivity index (χ1n) is 7.20. The van der Waals surface area contributed by atoms with Crippen LogP contribution in [0, 0.1) is 0 Å². The predicted molar refractivity (Wildman–Crippen MR) is 92.7 cm³/mol. The second kappa shape index (κ2) is 4.57. The summed E-state index contributed by atoms with van der Waals surface area (Å²) < 4.78 is 0. The third kappa shape index (κ3) is 1.79. The van der Waals surface area contributed by atoms with Crippen LogP contribution in [0.15, 0.2) is 54.9 Å². The number of aromatic nitrogens is 4. The Balaban J connectivity index is 2.14. The molecule has 23 heavy (non-hydrogen) atoms. The van der Waals surface area contributed by atoms with Crippen molar-refractivity contribution in [1.29, 1.82) is 0 Å². The summed E-state index contributed by atoms with van der Waals surface area (Å²) in [5.74, 6) is 0. The molecule has 0 aliphatic rings. The van der Waals surface area contributed by atoms with Crippen LogP contribution in [0.1, 0.15) is 0 Å². The van der Waals surface area contributed by atoms with Crippen LogP contribution in [0.4, 0.5) is 0 Å². The molecule has 0 unspecified atom stereocenters. The lowest BCUT2D eigenvalue weighted by molar-refractivity contribution is 1.36. The zero-order valence-corrected chi connectivity index (χ0v) is 12.6. The van der Waals surface area contributed by atoms with Gasteiger partial charge in [-0.25, -0.2) is 9.97 Å². The fourth-order valence-corrected chi connectivity index (χ4v) is 3.14. The van der Waals surface area contributed by atoms with E-state index in [0.717, 1.165) is 43.9 Å². The third-order valence-corrected chi connectivity index (χ3v) is 4.21. The normalized spacial score (nSPS) is 11.7. The number of rotatable bonds is 0. The average molecular weight is 317 g/mol. The molecule has 0 saturated carbocycles. The van der Waals surface area contributed by atoms with Crippen molar-refractivity contribution in [3.05, 3.63) is 59.9 Å². The first kappa shape index (κ1) is 12.7. The lowest BCUT2D eigenvalue weighted by atomic mass is 10.1. The minimum absolute atomic E-state index is 0.649. The summed E-state index contributed by atoms with van der Waals surface area (Å²) >= 11 is 6.09. The molecule has 2 aromatic carbocycles. The highest BCUT2D eigenvalue weighted by atomic mass is 35.5. The molecular formula is C18H9ClN4. The molecule has 0 aliphatic heterocycles. The van der Waals surface area contributed by atoms with Gasteiger partial charge in [0.2, 0.25) is 0 Å². The molecule has 0 saturated heterocycles. The average Bonchev–Trinajstić information content (AvgIpc) is 2.60. The van der Waals surface area contributed by atoms with E-state index in [4.69, 9.17) is 21.6 Å². The van der Waals surface area contributed by atoms with Crippen LogP contribution in [-0.4, -0.2) is 19.9 Å². The van der Waals surface area contributed by atoms with Crippen LogP contribution in [0.25, 0.3) is 43.9 Å². The van der Waals surface area contributed by atoms with Gasteiger partial charge in [0.1, 0.15) is 0 Å². The van der Waals surface area contributed by atoms with Crippen molar-refractivity contribution in [3.8, 4) is 0 Å². The van der Waals surface area contributed by atoms with Gasteiger partial charge in [0.25, 0.3) is 0 Å². The van der Waals surface area contributed by atoms with Crippen LogP contribution in [-0.2, 0) is 0 Å². The maximum atomic E-state index is 6.09. The maximum Gasteiger partial charge on any atom is 0.0996 e. The van der Waals surface area contributed by atoms with E-state index in [1.165, 1.54) is 0 Å². The van der Waals surface area contributed by atoms with Gasteiger partial charge in [-0.3, -0.25) is 9.97 Å². The summed E-state index contributed by atoms with van der Waals surface area (Å²) in [6.45, 7) is 0. The van der Waals surface area contributed by atoms with E-state index in [1.54, 1.807) is 12.4 Å². The molecule has 108 valence electrons. The van der Waals surface area contributed by atoms with Crippen LogP contribution in [0.5, 0.6) is 0 Å². The minimum atomic E-state index is 0.649. The minimum Gasteiger partial charge on any atom is -0.254 e. The van der Waals surface area contributed by atoms with Crippen LogP contribution >= 0.6 is 11.6 Å². The van der Waals surface area contributed by atoms with Gasteiger partial charge in [0.05, 0.1) is 33.1 Å². The quantitative estimate of drug-likeness (QED) is 0.311. The SMILES string of the molecule is Clc1ccc2nc3c4cccnc4c4ncccc4c3nc2c1. The summed E-state index contributed by atoms with van der Waals surface area (Å²) in [5.41, 5.74) is 4.94. The maximum absolute atomic E-state index is 6.09. The van der Waals surface area contributed by atoms with Gasteiger partial charge in [-0.1, -0.05) is 11.6 Å². The monoisotopic (exact) mass is 316 g/mol. The lowest BCUT2D eigenvalue weighted by Gasteiger charge is -2.08. The Kier molecular flexibility index (Phi) is 2.52. The first-order chi connectivity index (χ1) is 11.3. The summed E-state index contributed by atoms with van der Waals surface area (Å²) in [6, 6.07) is 13.4. The Labute approximate surface area is 135 Å². The van der Waals surface area contributed by atoms with Crippen molar-refractivity contribution in [2.45, 2.75) is 0 Å². The number of hydrogen-bond acceptors (Lipinski definition) is 4. The van der Waals surface area contributed by atoms with Crippen LogP contribution < -0.4 is 0 Å². The summed E-state index contributed by atoms with van der Waals surface area (Å²) in [6.07, 6.45) is 3.55. The van der Waals surface area contributed by atoms with Crippen molar-refractivity contribution < 1.29 is 0 Å². The molecule has 0 fully saturated rings. The van der Waals surface area contributed by atoms with E-state index in [1.807, 2.05) is 42.5 Å². The Morgan fingerprint density at radius 3 is 1.91 bits per heavy atom. The molecule has 0 spiro atoms. The second-order valence-electron chi connectivity index (χ2n) is 5.35. The zero-order chi connectivity index (χ0) is 15.4. The summed E-state index contributed by atoms with van der Waals surface area (Å²) in [4.78, 5) is 18.6. The predicted octanol–water partition coefficient (Wildman–Crippen LogP) is 4.53. The van der Waals surface area contributed by atoms with Crippen molar-refractivity contribution in [2.24, 2.45) is 0 Å². The Bertz CT molecular complexity index is 1230. The van der Waals surface area contributed by atoms with Crippen molar-refractivity contribution in [2.75, 3.05) is 0 Å². The van der Waals surface area contributed by atoms with Crippen LogP contribution in [0.2, 0.25) is 5.02 Å². The fourth-order valence-electron chi connectivity index (χ4n) is 2.97. The van der Waals surface area contributed by atoms with Gasteiger partial charge < -0.3 is 0 Å². The topological polar surface area (TPSA) is 51.6 Å². The van der Waals surface area contributed by atoms with Crippen molar-refractivity contribution >= 4 is 55.5 Å². The van der Waals surface area contributed by atoms with Gasteiger partial charge >= 0.3 is 0 Å². The molecule has 3 aromatic heterocycles. The highest BCUT2D eigenvalue weighted by molar-refractivity contribution is 6.31. The van der Waals surface area contributed by atoms with Crippen molar-refractivity contribution in [1.82, 2.24) is 19.9 Å². The molecule has 5 heteroatoms. The molecule has 3 heterocycles. The number of pyridine rings is 2. The number of fused-ring (bicyclic) bond motifs is 7. The van der Waals surface area contributed by atoms with Gasteiger partial charge in [-0.05, 0) is 42.5 Å². The third-order valence-electron chi connectivity index (χ3n) is 3.98. The van der Waals surface area contributed by atoms with Crippen molar-refractivity contribution in [3.63, 3.8) is 0 Å². The molecular weight excluding hydrogens is 308 g/mol. The lowest BCUT2D eigenvalue weighted by Crippen LogP contribution is -1.93. The molecule has 0 bridgehead atoms. The van der Waals surface area contributed by atoms with Gasteiger partial charge in [-0.2, -0.15) is 0 Å². The molecule has 4 nitrogen and oxygen atoms in total. The second-order valence-corrected chi connectivity index (χ2v) is 5.79. The number of benzene rings is 2. The number of hydrogen-bond donors (Lipinski definition) is 0. The van der Waals surface area contributed by atoms with E-state index >= 15 is 0 Å². The highest BCUT2D eigenvalue weighted by Gasteiger charge is 2.13. The molecule has 0 amide bonds. The van der Waals surface area contributed by atoms with E-state index in [2.05, 4.69) is 9.97 Å². The van der Waals surface area contributed by atoms with E-state index in [0.29, 0.717) is 5.02 Å². The molecule has 0 N–H and O–H groups in total. The Morgan fingerprint density at radius 2 is 1.26 bits per heavy atom. The Morgan fingerprint density at radius 1 is 0.652 bits per heavy atom.